The third-order valence-corrected chi connectivity index (χ3v) is 3.05. The SMILES string of the molecule is CN(Cc1ccc(N(C)CCC#N)cc1)CC(C)(C)O. The maximum Gasteiger partial charge on any atom is 0.0718 e. The fraction of sp³-hybridized carbons (Fsp3) is 0.562. The molecule has 20 heavy (non-hydrogen) atoms. The Morgan fingerprint density at radius 3 is 2.30 bits per heavy atom. The molecule has 0 radical (unpaired) electrons. The molecule has 0 spiro atoms. The number of hydrogen-bond donors (Lipinski definition) is 1. The highest BCUT2D eigenvalue weighted by atomic mass is 16.3. The van der Waals surface area contributed by atoms with E-state index < -0.39 is 5.60 Å². The van der Waals surface area contributed by atoms with Crippen LogP contribution < -0.4 is 4.90 Å². The molecule has 4 nitrogen and oxygen atoms in total. The largest absolute Gasteiger partial charge is 0.389 e. The summed E-state index contributed by atoms with van der Waals surface area (Å²) in [4.78, 5) is 4.18. The average molecular weight is 275 g/mol. The molecule has 1 aromatic carbocycles. The molecular formula is C16H25N3O. The number of aliphatic hydroxyl groups is 1. The number of rotatable bonds is 7. The van der Waals surface area contributed by atoms with E-state index in [4.69, 9.17) is 5.26 Å². The van der Waals surface area contributed by atoms with Gasteiger partial charge in [-0.15, -0.1) is 0 Å². The number of nitrogens with zero attached hydrogens (tertiary/aromatic N) is 3. The summed E-state index contributed by atoms with van der Waals surface area (Å²) in [7, 11) is 4.00. The van der Waals surface area contributed by atoms with Gasteiger partial charge in [-0.05, 0) is 38.6 Å². The Hall–Kier alpha value is -1.57. The van der Waals surface area contributed by atoms with Crippen molar-refractivity contribution < 1.29 is 5.11 Å². The molecule has 4 heteroatoms. The van der Waals surface area contributed by atoms with Crippen LogP contribution in [0.3, 0.4) is 0 Å². The lowest BCUT2D eigenvalue weighted by Crippen LogP contribution is -2.35. The van der Waals surface area contributed by atoms with Gasteiger partial charge in [0, 0.05) is 32.4 Å². The van der Waals surface area contributed by atoms with Crippen LogP contribution in [0.25, 0.3) is 0 Å². The molecule has 1 aromatic rings. The van der Waals surface area contributed by atoms with Gasteiger partial charge >= 0.3 is 0 Å². The van der Waals surface area contributed by atoms with E-state index in [-0.39, 0.29) is 0 Å². The Morgan fingerprint density at radius 2 is 1.80 bits per heavy atom. The van der Waals surface area contributed by atoms with E-state index in [1.807, 2.05) is 27.9 Å². The van der Waals surface area contributed by atoms with Crippen LogP contribution in [0.2, 0.25) is 0 Å². The molecule has 110 valence electrons. The van der Waals surface area contributed by atoms with Crippen LogP contribution >= 0.6 is 0 Å². The Bertz CT molecular complexity index is 442. The molecule has 0 heterocycles. The molecule has 1 rings (SSSR count). The molecule has 0 amide bonds. The predicted molar refractivity (Wildman–Crippen MR) is 82.6 cm³/mol. The molecule has 0 aliphatic heterocycles. The highest BCUT2D eigenvalue weighted by Crippen LogP contribution is 2.15. The van der Waals surface area contributed by atoms with Crippen molar-refractivity contribution in [2.24, 2.45) is 0 Å². The van der Waals surface area contributed by atoms with Crippen LogP contribution in [0.5, 0.6) is 0 Å². The summed E-state index contributed by atoms with van der Waals surface area (Å²) < 4.78 is 0. The number of likely N-dealkylation sites (N-methyl/N-ethyl adjacent to an activating group) is 1. The molecule has 0 atom stereocenters. The van der Waals surface area contributed by atoms with Gasteiger partial charge in [-0.25, -0.2) is 0 Å². The monoisotopic (exact) mass is 275 g/mol. The van der Waals surface area contributed by atoms with Crippen molar-refractivity contribution in [3.8, 4) is 6.07 Å². The minimum absolute atomic E-state index is 0.534. The Labute approximate surface area is 122 Å². The molecule has 0 unspecified atom stereocenters. The highest BCUT2D eigenvalue weighted by Gasteiger charge is 2.15. The second kappa shape index (κ2) is 7.28. The zero-order valence-electron chi connectivity index (χ0n) is 12.9. The molecule has 0 aromatic heterocycles. The third-order valence-electron chi connectivity index (χ3n) is 3.05. The minimum Gasteiger partial charge on any atom is -0.389 e. The van der Waals surface area contributed by atoms with Crippen LogP contribution in [-0.4, -0.2) is 42.8 Å². The van der Waals surface area contributed by atoms with Gasteiger partial charge in [-0.1, -0.05) is 12.1 Å². The van der Waals surface area contributed by atoms with Gasteiger partial charge < -0.3 is 10.0 Å². The highest BCUT2D eigenvalue weighted by molar-refractivity contribution is 5.46. The topological polar surface area (TPSA) is 50.5 Å². The molecule has 0 saturated heterocycles. The second-order valence-electron chi connectivity index (χ2n) is 5.98. The van der Waals surface area contributed by atoms with Crippen LogP contribution in [0.4, 0.5) is 5.69 Å². The summed E-state index contributed by atoms with van der Waals surface area (Å²) in [5, 5.41) is 18.4. The molecular weight excluding hydrogens is 250 g/mol. The molecule has 1 N–H and O–H groups in total. The number of anilines is 1. The molecule has 0 aliphatic rings. The first-order valence-electron chi connectivity index (χ1n) is 6.90. The maximum atomic E-state index is 9.79. The van der Waals surface area contributed by atoms with Crippen molar-refractivity contribution in [3.63, 3.8) is 0 Å². The zero-order chi connectivity index (χ0) is 15.2. The summed E-state index contributed by atoms with van der Waals surface area (Å²) in [6.07, 6.45) is 0.534. The number of hydrogen-bond acceptors (Lipinski definition) is 4. The van der Waals surface area contributed by atoms with Crippen LogP contribution in [0.15, 0.2) is 24.3 Å². The Balaban J connectivity index is 2.56. The van der Waals surface area contributed by atoms with Crippen LogP contribution in [-0.2, 0) is 6.54 Å². The lowest BCUT2D eigenvalue weighted by molar-refractivity contribution is 0.0425. The Kier molecular flexibility index (Phi) is 6.00. The van der Waals surface area contributed by atoms with Gasteiger partial charge in [0.1, 0.15) is 0 Å². The smallest absolute Gasteiger partial charge is 0.0718 e. The average Bonchev–Trinajstić information content (AvgIpc) is 2.34. The van der Waals surface area contributed by atoms with E-state index >= 15 is 0 Å². The molecule has 0 aliphatic carbocycles. The van der Waals surface area contributed by atoms with Gasteiger partial charge in [-0.3, -0.25) is 4.90 Å². The van der Waals surface area contributed by atoms with Gasteiger partial charge in [0.2, 0.25) is 0 Å². The van der Waals surface area contributed by atoms with Crippen molar-refractivity contribution in [3.05, 3.63) is 29.8 Å². The first-order chi connectivity index (χ1) is 9.31. The van der Waals surface area contributed by atoms with E-state index in [0.29, 0.717) is 13.0 Å². The first kappa shape index (κ1) is 16.5. The summed E-state index contributed by atoms with van der Waals surface area (Å²) in [6, 6.07) is 10.5. The Morgan fingerprint density at radius 1 is 1.20 bits per heavy atom. The predicted octanol–water partition coefficient (Wildman–Crippen LogP) is 2.24. The lowest BCUT2D eigenvalue weighted by Gasteiger charge is -2.25. The second-order valence-corrected chi connectivity index (χ2v) is 5.98. The maximum absolute atomic E-state index is 9.79. The quantitative estimate of drug-likeness (QED) is 0.829. The molecule has 0 saturated carbocycles. The first-order valence-corrected chi connectivity index (χ1v) is 6.90. The van der Waals surface area contributed by atoms with E-state index in [1.54, 1.807) is 0 Å². The standard InChI is InChI=1S/C16H25N3O/c1-16(2,20)13-18(3)12-14-6-8-15(9-7-14)19(4)11-5-10-17/h6-9,20H,5,11-13H2,1-4H3. The van der Waals surface area contributed by atoms with E-state index in [9.17, 15) is 5.11 Å². The lowest BCUT2D eigenvalue weighted by atomic mass is 10.1. The summed E-state index contributed by atoms with van der Waals surface area (Å²) >= 11 is 0. The fourth-order valence-electron chi connectivity index (χ4n) is 2.23. The zero-order valence-corrected chi connectivity index (χ0v) is 12.9. The van der Waals surface area contributed by atoms with Crippen molar-refractivity contribution in [2.75, 3.05) is 32.1 Å². The minimum atomic E-state index is -0.674. The van der Waals surface area contributed by atoms with Gasteiger partial charge in [0.15, 0.2) is 0 Å². The molecule has 0 bridgehead atoms. The van der Waals surface area contributed by atoms with Crippen molar-refractivity contribution >= 4 is 5.69 Å². The van der Waals surface area contributed by atoms with Crippen molar-refractivity contribution in [2.45, 2.75) is 32.4 Å². The van der Waals surface area contributed by atoms with E-state index in [0.717, 1.165) is 18.8 Å². The van der Waals surface area contributed by atoms with E-state index in [2.05, 4.69) is 40.1 Å². The number of nitriles is 1. The van der Waals surface area contributed by atoms with Crippen molar-refractivity contribution in [1.82, 2.24) is 4.90 Å². The van der Waals surface area contributed by atoms with E-state index in [1.165, 1.54) is 5.56 Å². The van der Waals surface area contributed by atoms with Gasteiger partial charge in [-0.2, -0.15) is 5.26 Å². The van der Waals surface area contributed by atoms with Crippen LogP contribution in [0.1, 0.15) is 25.8 Å². The summed E-state index contributed by atoms with van der Waals surface area (Å²) in [5.74, 6) is 0. The number of benzene rings is 1. The van der Waals surface area contributed by atoms with Gasteiger partial charge in [0.25, 0.3) is 0 Å². The van der Waals surface area contributed by atoms with Crippen molar-refractivity contribution in [1.29, 1.82) is 5.26 Å². The summed E-state index contributed by atoms with van der Waals surface area (Å²) in [5.41, 5.74) is 1.66. The van der Waals surface area contributed by atoms with Gasteiger partial charge in [0.05, 0.1) is 18.1 Å². The molecule has 0 fully saturated rings. The summed E-state index contributed by atoms with van der Waals surface area (Å²) in [6.45, 7) is 5.82. The fourth-order valence-corrected chi connectivity index (χ4v) is 2.23. The normalized spacial score (nSPS) is 11.4. The van der Waals surface area contributed by atoms with Crippen LogP contribution in [0, 0.1) is 11.3 Å². The third kappa shape index (κ3) is 6.05.